The van der Waals surface area contributed by atoms with Crippen LogP contribution in [0.15, 0.2) is 42.6 Å². The molecule has 0 saturated heterocycles. The molecule has 0 aliphatic carbocycles. The molecular formula is C15H15NO4. The second-order valence-electron chi connectivity index (χ2n) is 4.01. The summed E-state index contributed by atoms with van der Waals surface area (Å²) in [5.74, 6) is 0.276. The fourth-order valence-electron chi connectivity index (χ4n) is 1.73. The second-order valence-corrected chi connectivity index (χ2v) is 4.01. The number of aromatic carboxylic acids is 1. The Bertz CT molecular complexity index is 598. The zero-order valence-corrected chi connectivity index (χ0v) is 11.1. The highest BCUT2D eigenvalue weighted by Crippen LogP contribution is 2.20. The molecule has 5 heteroatoms. The molecular weight excluding hydrogens is 258 g/mol. The van der Waals surface area contributed by atoms with Gasteiger partial charge in [0.1, 0.15) is 18.1 Å². The van der Waals surface area contributed by atoms with E-state index in [0.29, 0.717) is 17.9 Å². The number of rotatable bonds is 6. The number of carbonyl (C=O) groups is 1. The van der Waals surface area contributed by atoms with Gasteiger partial charge in [-0.05, 0) is 25.1 Å². The van der Waals surface area contributed by atoms with Gasteiger partial charge in [0.25, 0.3) is 0 Å². The first-order valence-electron chi connectivity index (χ1n) is 6.23. The standard InChI is InChI=1S/C15H15NO4/c1-2-19-12-6-3-7-13(9-12)20-10-11-5-4-8-16-14(11)15(17)18/h3-9H,2,10H2,1H3,(H,17,18). The number of ether oxygens (including phenoxy) is 2. The Morgan fingerprint density at radius 3 is 2.65 bits per heavy atom. The van der Waals surface area contributed by atoms with Gasteiger partial charge in [-0.15, -0.1) is 0 Å². The molecule has 0 radical (unpaired) electrons. The normalized spacial score (nSPS) is 10.1. The number of pyridine rings is 1. The van der Waals surface area contributed by atoms with E-state index in [4.69, 9.17) is 14.6 Å². The van der Waals surface area contributed by atoms with Crippen molar-refractivity contribution >= 4 is 5.97 Å². The third kappa shape index (κ3) is 3.47. The molecule has 2 aromatic rings. The molecule has 104 valence electrons. The lowest BCUT2D eigenvalue weighted by atomic mass is 10.2. The lowest BCUT2D eigenvalue weighted by Gasteiger charge is -2.09. The minimum atomic E-state index is -1.06. The van der Waals surface area contributed by atoms with Gasteiger partial charge < -0.3 is 14.6 Å². The number of hydrogen-bond acceptors (Lipinski definition) is 4. The zero-order valence-electron chi connectivity index (χ0n) is 11.1. The third-order valence-corrected chi connectivity index (χ3v) is 2.60. The molecule has 0 fully saturated rings. The SMILES string of the molecule is CCOc1cccc(OCc2cccnc2C(=O)O)c1. The molecule has 0 spiro atoms. The van der Waals surface area contributed by atoms with Gasteiger partial charge in [0, 0.05) is 17.8 Å². The van der Waals surface area contributed by atoms with Crippen LogP contribution in [0.25, 0.3) is 0 Å². The molecule has 0 amide bonds. The molecule has 0 saturated carbocycles. The first kappa shape index (κ1) is 13.9. The summed E-state index contributed by atoms with van der Waals surface area (Å²) in [5.41, 5.74) is 0.537. The van der Waals surface area contributed by atoms with E-state index in [2.05, 4.69) is 4.98 Å². The van der Waals surface area contributed by atoms with Gasteiger partial charge in [-0.1, -0.05) is 12.1 Å². The Balaban J connectivity index is 2.09. The lowest BCUT2D eigenvalue weighted by Crippen LogP contribution is -2.07. The monoisotopic (exact) mass is 273 g/mol. The van der Waals surface area contributed by atoms with Crippen molar-refractivity contribution < 1.29 is 19.4 Å². The van der Waals surface area contributed by atoms with Gasteiger partial charge in [-0.2, -0.15) is 0 Å². The Kier molecular flexibility index (Phi) is 4.55. The highest BCUT2D eigenvalue weighted by molar-refractivity contribution is 5.86. The van der Waals surface area contributed by atoms with Crippen molar-refractivity contribution in [1.29, 1.82) is 0 Å². The van der Waals surface area contributed by atoms with Crippen LogP contribution in [0, 0.1) is 0 Å². The van der Waals surface area contributed by atoms with Crippen LogP contribution in [-0.2, 0) is 6.61 Å². The summed E-state index contributed by atoms with van der Waals surface area (Å²) in [5, 5.41) is 9.04. The van der Waals surface area contributed by atoms with E-state index in [1.807, 2.05) is 19.1 Å². The van der Waals surface area contributed by atoms with Crippen LogP contribution in [0.3, 0.4) is 0 Å². The van der Waals surface area contributed by atoms with Crippen molar-refractivity contribution in [3.8, 4) is 11.5 Å². The van der Waals surface area contributed by atoms with Gasteiger partial charge >= 0.3 is 5.97 Å². The quantitative estimate of drug-likeness (QED) is 0.876. The van der Waals surface area contributed by atoms with E-state index in [9.17, 15) is 4.79 Å². The van der Waals surface area contributed by atoms with Gasteiger partial charge in [0.2, 0.25) is 0 Å². The fraction of sp³-hybridized carbons (Fsp3) is 0.200. The van der Waals surface area contributed by atoms with Crippen LogP contribution in [0.5, 0.6) is 11.5 Å². The topological polar surface area (TPSA) is 68.7 Å². The smallest absolute Gasteiger partial charge is 0.354 e. The van der Waals surface area contributed by atoms with Gasteiger partial charge in [0.15, 0.2) is 5.69 Å². The summed E-state index contributed by atoms with van der Waals surface area (Å²) >= 11 is 0. The van der Waals surface area contributed by atoms with Crippen molar-refractivity contribution in [3.05, 3.63) is 53.9 Å². The van der Waals surface area contributed by atoms with Crippen molar-refractivity contribution in [3.63, 3.8) is 0 Å². The molecule has 5 nitrogen and oxygen atoms in total. The summed E-state index contributed by atoms with van der Waals surface area (Å²) < 4.78 is 11.0. The van der Waals surface area contributed by atoms with Crippen LogP contribution < -0.4 is 9.47 Å². The number of carboxylic acids is 1. The molecule has 0 unspecified atom stereocenters. The Hall–Kier alpha value is -2.56. The minimum Gasteiger partial charge on any atom is -0.494 e. The maximum Gasteiger partial charge on any atom is 0.354 e. The molecule has 1 aromatic heterocycles. The Morgan fingerprint density at radius 1 is 1.20 bits per heavy atom. The van der Waals surface area contributed by atoms with Crippen molar-refractivity contribution in [1.82, 2.24) is 4.98 Å². The van der Waals surface area contributed by atoms with Crippen LogP contribution in [0.2, 0.25) is 0 Å². The van der Waals surface area contributed by atoms with Crippen LogP contribution >= 0.6 is 0 Å². The zero-order chi connectivity index (χ0) is 14.4. The van der Waals surface area contributed by atoms with Crippen LogP contribution in [-0.4, -0.2) is 22.7 Å². The molecule has 1 aromatic carbocycles. The summed E-state index contributed by atoms with van der Waals surface area (Å²) in [7, 11) is 0. The average Bonchev–Trinajstić information content (AvgIpc) is 2.46. The first-order valence-corrected chi connectivity index (χ1v) is 6.23. The predicted molar refractivity (Wildman–Crippen MR) is 73.1 cm³/mol. The molecule has 0 aliphatic rings. The Morgan fingerprint density at radius 2 is 1.95 bits per heavy atom. The van der Waals surface area contributed by atoms with Crippen molar-refractivity contribution in [2.75, 3.05) is 6.61 Å². The van der Waals surface area contributed by atoms with E-state index >= 15 is 0 Å². The molecule has 0 bridgehead atoms. The molecule has 20 heavy (non-hydrogen) atoms. The van der Waals surface area contributed by atoms with E-state index in [1.54, 1.807) is 24.3 Å². The summed E-state index contributed by atoms with van der Waals surface area (Å²) in [4.78, 5) is 14.9. The molecule has 1 N–H and O–H groups in total. The Labute approximate surface area is 116 Å². The number of aromatic nitrogens is 1. The minimum absolute atomic E-state index is 0.00784. The summed E-state index contributed by atoms with van der Waals surface area (Å²) in [6.07, 6.45) is 1.45. The van der Waals surface area contributed by atoms with Gasteiger partial charge in [-0.25, -0.2) is 9.78 Å². The second kappa shape index (κ2) is 6.56. The van der Waals surface area contributed by atoms with E-state index < -0.39 is 5.97 Å². The average molecular weight is 273 g/mol. The van der Waals surface area contributed by atoms with Gasteiger partial charge in [-0.3, -0.25) is 0 Å². The lowest BCUT2D eigenvalue weighted by molar-refractivity contribution is 0.0687. The fourth-order valence-corrected chi connectivity index (χ4v) is 1.73. The van der Waals surface area contributed by atoms with Crippen molar-refractivity contribution in [2.24, 2.45) is 0 Å². The number of carboxylic acid groups (broad SMARTS) is 1. The van der Waals surface area contributed by atoms with Crippen LogP contribution in [0.1, 0.15) is 23.0 Å². The first-order chi connectivity index (χ1) is 9.70. The van der Waals surface area contributed by atoms with Gasteiger partial charge in [0.05, 0.1) is 6.61 Å². The molecule has 1 heterocycles. The van der Waals surface area contributed by atoms with E-state index in [0.717, 1.165) is 5.75 Å². The maximum absolute atomic E-state index is 11.0. The predicted octanol–water partition coefficient (Wildman–Crippen LogP) is 2.76. The number of hydrogen-bond donors (Lipinski definition) is 1. The molecule has 0 aliphatic heterocycles. The number of benzene rings is 1. The largest absolute Gasteiger partial charge is 0.494 e. The molecule has 2 rings (SSSR count). The maximum atomic E-state index is 11.0. The summed E-state index contributed by atoms with van der Waals surface area (Å²) in [6, 6.07) is 10.6. The van der Waals surface area contributed by atoms with Crippen LogP contribution in [0.4, 0.5) is 0 Å². The summed E-state index contributed by atoms with van der Waals surface area (Å²) in [6.45, 7) is 2.63. The van der Waals surface area contributed by atoms with Crippen molar-refractivity contribution in [2.45, 2.75) is 13.5 Å². The highest BCUT2D eigenvalue weighted by Gasteiger charge is 2.11. The highest BCUT2D eigenvalue weighted by atomic mass is 16.5. The van der Waals surface area contributed by atoms with E-state index in [-0.39, 0.29) is 12.3 Å². The van der Waals surface area contributed by atoms with E-state index in [1.165, 1.54) is 6.20 Å². The third-order valence-electron chi connectivity index (χ3n) is 2.60. The molecule has 0 atom stereocenters. The number of nitrogens with zero attached hydrogens (tertiary/aromatic N) is 1.